The molecule has 3 heteroatoms. The molecule has 0 atom stereocenters. The van der Waals surface area contributed by atoms with Crippen LogP contribution in [0.1, 0.15) is 11.1 Å². The average Bonchev–Trinajstić information content (AvgIpc) is 1.97. The fourth-order valence-corrected chi connectivity index (χ4v) is 1.27. The van der Waals surface area contributed by atoms with Gasteiger partial charge in [0.15, 0.2) is 0 Å². The molecule has 0 unspecified atom stereocenters. The standard InChI is InChI=1S/C8H8Cl2O/c1-4-3-6(11)5(2)8(10)7(4)9/h3,11H,1-2H3. The molecule has 0 heterocycles. The fraction of sp³-hybridized carbons (Fsp3) is 0.250. The number of benzene rings is 1. The maximum Gasteiger partial charge on any atom is 0.120 e. The minimum atomic E-state index is 0.192. The highest BCUT2D eigenvalue weighted by Gasteiger charge is 2.08. The van der Waals surface area contributed by atoms with Gasteiger partial charge in [0, 0.05) is 5.56 Å². The number of halogens is 2. The summed E-state index contributed by atoms with van der Waals surface area (Å²) < 4.78 is 0. The Morgan fingerprint density at radius 3 is 2.27 bits per heavy atom. The van der Waals surface area contributed by atoms with Gasteiger partial charge in [-0.3, -0.25) is 0 Å². The Labute approximate surface area is 75.6 Å². The number of hydrogen-bond donors (Lipinski definition) is 1. The first kappa shape index (κ1) is 8.69. The van der Waals surface area contributed by atoms with Crippen LogP contribution in [0.25, 0.3) is 0 Å². The number of aromatic hydroxyl groups is 1. The van der Waals surface area contributed by atoms with Crippen molar-refractivity contribution in [3.8, 4) is 5.75 Å². The Balaban J connectivity index is 3.46. The SMILES string of the molecule is Cc1cc(O)c(C)c(Cl)c1Cl. The Hall–Kier alpha value is -0.400. The summed E-state index contributed by atoms with van der Waals surface area (Å²) in [6.45, 7) is 3.52. The third-order valence-corrected chi connectivity index (χ3v) is 2.66. The highest BCUT2D eigenvalue weighted by molar-refractivity contribution is 6.43. The Kier molecular flexibility index (Phi) is 2.31. The van der Waals surface area contributed by atoms with E-state index in [4.69, 9.17) is 23.2 Å². The Morgan fingerprint density at radius 1 is 1.18 bits per heavy atom. The zero-order valence-corrected chi connectivity index (χ0v) is 7.79. The van der Waals surface area contributed by atoms with Gasteiger partial charge in [-0.25, -0.2) is 0 Å². The molecule has 0 radical (unpaired) electrons. The van der Waals surface area contributed by atoms with Crippen LogP contribution in [0.4, 0.5) is 0 Å². The van der Waals surface area contributed by atoms with E-state index in [1.54, 1.807) is 19.9 Å². The van der Waals surface area contributed by atoms with Crippen LogP contribution < -0.4 is 0 Å². The highest BCUT2D eigenvalue weighted by atomic mass is 35.5. The first-order chi connectivity index (χ1) is 5.04. The van der Waals surface area contributed by atoms with Crippen LogP contribution in [-0.2, 0) is 0 Å². The second kappa shape index (κ2) is 2.92. The van der Waals surface area contributed by atoms with Gasteiger partial charge in [0.25, 0.3) is 0 Å². The van der Waals surface area contributed by atoms with Crippen molar-refractivity contribution in [1.82, 2.24) is 0 Å². The lowest BCUT2D eigenvalue weighted by molar-refractivity contribution is 0.471. The molecule has 11 heavy (non-hydrogen) atoms. The zero-order chi connectivity index (χ0) is 8.59. The Bertz CT molecular complexity index is 268. The van der Waals surface area contributed by atoms with E-state index in [1.165, 1.54) is 0 Å². The summed E-state index contributed by atoms with van der Waals surface area (Å²) in [6, 6.07) is 1.60. The van der Waals surface area contributed by atoms with Crippen LogP contribution in [0.2, 0.25) is 10.0 Å². The molecule has 60 valence electrons. The molecule has 1 rings (SSSR count). The monoisotopic (exact) mass is 190 g/mol. The third kappa shape index (κ3) is 1.44. The van der Waals surface area contributed by atoms with Crippen LogP contribution in [0, 0.1) is 13.8 Å². The van der Waals surface area contributed by atoms with Crippen molar-refractivity contribution in [2.75, 3.05) is 0 Å². The van der Waals surface area contributed by atoms with Crippen molar-refractivity contribution >= 4 is 23.2 Å². The van der Waals surface area contributed by atoms with Crippen molar-refractivity contribution in [1.29, 1.82) is 0 Å². The van der Waals surface area contributed by atoms with Gasteiger partial charge < -0.3 is 5.11 Å². The van der Waals surface area contributed by atoms with Crippen molar-refractivity contribution in [2.24, 2.45) is 0 Å². The molecule has 1 N–H and O–H groups in total. The number of aryl methyl sites for hydroxylation is 1. The van der Waals surface area contributed by atoms with Gasteiger partial charge in [0.2, 0.25) is 0 Å². The number of phenolic OH excluding ortho intramolecular Hbond substituents is 1. The molecule has 0 saturated carbocycles. The van der Waals surface area contributed by atoms with E-state index in [-0.39, 0.29) is 5.75 Å². The van der Waals surface area contributed by atoms with Crippen molar-refractivity contribution in [2.45, 2.75) is 13.8 Å². The summed E-state index contributed by atoms with van der Waals surface area (Å²) in [6.07, 6.45) is 0. The van der Waals surface area contributed by atoms with E-state index in [2.05, 4.69) is 0 Å². The van der Waals surface area contributed by atoms with Crippen LogP contribution in [0.3, 0.4) is 0 Å². The minimum absolute atomic E-state index is 0.192. The quantitative estimate of drug-likeness (QED) is 0.666. The number of phenols is 1. The van der Waals surface area contributed by atoms with Gasteiger partial charge in [-0.15, -0.1) is 0 Å². The molecule has 0 fully saturated rings. The molecule has 1 aromatic rings. The van der Waals surface area contributed by atoms with Crippen LogP contribution in [0.5, 0.6) is 5.75 Å². The normalized spacial score (nSPS) is 10.2. The van der Waals surface area contributed by atoms with E-state index in [9.17, 15) is 5.11 Å². The summed E-state index contributed by atoms with van der Waals surface area (Å²) in [7, 11) is 0. The van der Waals surface area contributed by atoms with Gasteiger partial charge in [0.05, 0.1) is 10.0 Å². The lowest BCUT2D eigenvalue weighted by atomic mass is 10.1. The van der Waals surface area contributed by atoms with Crippen molar-refractivity contribution in [3.05, 3.63) is 27.2 Å². The molecule has 0 aliphatic rings. The molecular weight excluding hydrogens is 183 g/mol. The topological polar surface area (TPSA) is 20.2 Å². The summed E-state index contributed by atoms with van der Waals surface area (Å²) in [5.74, 6) is 0.192. The van der Waals surface area contributed by atoms with Gasteiger partial charge >= 0.3 is 0 Å². The molecule has 1 nitrogen and oxygen atoms in total. The van der Waals surface area contributed by atoms with Crippen LogP contribution >= 0.6 is 23.2 Å². The smallest absolute Gasteiger partial charge is 0.120 e. The van der Waals surface area contributed by atoms with Crippen LogP contribution in [-0.4, -0.2) is 5.11 Å². The molecular formula is C8H8Cl2O. The van der Waals surface area contributed by atoms with E-state index in [0.29, 0.717) is 15.6 Å². The lowest BCUT2D eigenvalue weighted by Gasteiger charge is -2.05. The summed E-state index contributed by atoms with van der Waals surface area (Å²) in [5.41, 5.74) is 1.42. The van der Waals surface area contributed by atoms with Crippen molar-refractivity contribution in [3.63, 3.8) is 0 Å². The van der Waals surface area contributed by atoms with E-state index in [1.807, 2.05) is 0 Å². The van der Waals surface area contributed by atoms with E-state index < -0.39 is 0 Å². The fourth-order valence-electron chi connectivity index (χ4n) is 0.827. The third-order valence-electron chi connectivity index (χ3n) is 1.61. The summed E-state index contributed by atoms with van der Waals surface area (Å²) in [5, 5.41) is 10.2. The molecule has 1 aromatic carbocycles. The first-order valence-electron chi connectivity index (χ1n) is 3.18. The second-order valence-electron chi connectivity index (χ2n) is 2.47. The zero-order valence-electron chi connectivity index (χ0n) is 6.28. The largest absolute Gasteiger partial charge is 0.508 e. The second-order valence-corrected chi connectivity index (χ2v) is 3.22. The number of rotatable bonds is 0. The molecule has 0 bridgehead atoms. The van der Waals surface area contributed by atoms with Gasteiger partial charge in [-0.2, -0.15) is 0 Å². The van der Waals surface area contributed by atoms with Gasteiger partial charge in [-0.1, -0.05) is 23.2 Å². The summed E-state index contributed by atoms with van der Waals surface area (Å²) in [4.78, 5) is 0. The highest BCUT2D eigenvalue weighted by Crippen LogP contribution is 2.34. The molecule has 0 spiro atoms. The predicted molar refractivity (Wildman–Crippen MR) is 47.6 cm³/mol. The molecule has 0 aromatic heterocycles. The number of hydrogen-bond acceptors (Lipinski definition) is 1. The minimum Gasteiger partial charge on any atom is -0.508 e. The van der Waals surface area contributed by atoms with Gasteiger partial charge in [0.1, 0.15) is 5.75 Å². The lowest BCUT2D eigenvalue weighted by Crippen LogP contribution is -1.82. The molecule has 0 amide bonds. The average molecular weight is 191 g/mol. The maximum absolute atomic E-state index is 9.26. The Morgan fingerprint density at radius 2 is 1.73 bits per heavy atom. The molecule has 0 aliphatic heterocycles. The first-order valence-corrected chi connectivity index (χ1v) is 3.93. The van der Waals surface area contributed by atoms with Gasteiger partial charge in [-0.05, 0) is 25.5 Å². The van der Waals surface area contributed by atoms with E-state index >= 15 is 0 Å². The summed E-state index contributed by atoms with van der Waals surface area (Å²) >= 11 is 11.6. The van der Waals surface area contributed by atoms with Crippen molar-refractivity contribution < 1.29 is 5.11 Å². The molecule has 0 aliphatic carbocycles. The maximum atomic E-state index is 9.26. The van der Waals surface area contributed by atoms with Crippen LogP contribution in [0.15, 0.2) is 6.07 Å². The van der Waals surface area contributed by atoms with E-state index in [0.717, 1.165) is 5.56 Å². The predicted octanol–water partition coefficient (Wildman–Crippen LogP) is 3.32. The molecule has 0 saturated heterocycles.